The van der Waals surface area contributed by atoms with Crippen LogP contribution in [-0.4, -0.2) is 21.7 Å². The molecule has 1 atom stereocenters. The highest BCUT2D eigenvalue weighted by Gasteiger charge is 2.46. The fraction of sp³-hybridized carbons (Fsp3) is 0.130. The summed E-state index contributed by atoms with van der Waals surface area (Å²) >= 11 is 3.36. The first-order valence-corrected chi connectivity index (χ1v) is 9.88. The van der Waals surface area contributed by atoms with Gasteiger partial charge in [-0.25, -0.2) is 0 Å². The van der Waals surface area contributed by atoms with Gasteiger partial charge >= 0.3 is 0 Å². The summed E-state index contributed by atoms with van der Waals surface area (Å²) in [5.41, 5.74) is 2.31. The number of rotatable bonds is 4. The number of amides is 1. The highest BCUT2D eigenvalue weighted by molar-refractivity contribution is 9.10. The van der Waals surface area contributed by atoms with Crippen molar-refractivity contribution in [1.82, 2.24) is 4.90 Å². The maximum absolute atomic E-state index is 12.9. The summed E-state index contributed by atoms with van der Waals surface area (Å²) in [7, 11) is 0. The second kappa shape index (κ2) is 7.72. The van der Waals surface area contributed by atoms with E-state index < -0.39 is 17.7 Å². The molecule has 29 heavy (non-hydrogen) atoms. The van der Waals surface area contributed by atoms with Crippen molar-refractivity contribution >= 4 is 33.4 Å². The minimum atomic E-state index is -0.705. The van der Waals surface area contributed by atoms with Gasteiger partial charge < -0.3 is 14.4 Å². The lowest BCUT2D eigenvalue weighted by Gasteiger charge is -2.24. The summed E-state index contributed by atoms with van der Waals surface area (Å²) < 4.78 is 6.24. The normalized spacial score (nSPS) is 18.4. The average Bonchev–Trinajstić information content (AvgIpc) is 3.30. The number of hydrogen-bond donors (Lipinski definition) is 1. The van der Waals surface area contributed by atoms with E-state index in [1.165, 1.54) is 11.2 Å². The number of furan rings is 1. The maximum Gasteiger partial charge on any atom is 0.296 e. The van der Waals surface area contributed by atoms with E-state index in [4.69, 9.17) is 4.42 Å². The molecule has 1 N–H and O–H groups in total. The first kappa shape index (κ1) is 19.2. The van der Waals surface area contributed by atoms with E-state index in [9.17, 15) is 14.7 Å². The Bertz CT molecular complexity index is 1100. The molecule has 146 valence electrons. The van der Waals surface area contributed by atoms with Gasteiger partial charge in [0.2, 0.25) is 0 Å². The Morgan fingerprint density at radius 1 is 1.10 bits per heavy atom. The van der Waals surface area contributed by atoms with Gasteiger partial charge in [0.1, 0.15) is 11.5 Å². The molecule has 5 nitrogen and oxygen atoms in total. The maximum atomic E-state index is 12.9. The molecule has 1 aliphatic rings. The quantitative estimate of drug-likeness (QED) is 0.345. The molecule has 1 amide bonds. The van der Waals surface area contributed by atoms with Crippen LogP contribution >= 0.6 is 15.9 Å². The molecule has 1 saturated heterocycles. The van der Waals surface area contributed by atoms with Gasteiger partial charge in [0.25, 0.3) is 11.7 Å². The molecular formula is C23H18BrNO4. The van der Waals surface area contributed by atoms with E-state index in [0.29, 0.717) is 11.3 Å². The Morgan fingerprint density at radius 3 is 2.52 bits per heavy atom. The third kappa shape index (κ3) is 3.63. The molecule has 0 spiro atoms. The highest BCUT2D eigenvalue weighted by atomic mass is 79.9. The highest BCUT2D eigenvalue weighted by Crippen LogP contribution is 2.40. The first-order valence-electron chi connectivity index (χ1n) is 9.09. The van der Waals surface area contributed by atoms with Gasteiger partial charge in [-0.3, -0.25) is 9.59 Å². The minimum Gasteiger partial charge on any atom is -0.507 e. The molecule has 3 aromatic rings. The predicted octanol–water partition coefficient (Wildman–Crippen LogP) is 4.97. The Kier molecular flexibility index (Phi) is 5.11. The number of Topliss-reactive ketones (excluding diaryl/α,β-unsaturated/α-hetero) is 1. The molecule has 1 unspecified atom stereocenters. The third-order valence-corrected chi connectivity index (χ3v) is 5.45. The number of aliphatic hydroxyl groups is 1. The Labute approximate surface area is 176 Å². The Morgan fingerprint density at radius 2 is 1.86 bits per heavy atom. The van der Waals surface area contributed by atoms with E-state index in [-0.39, 0.29) is 17.9 Å². The summed E-state index contributed by atoms with van der Waals surface area (Å²) in [5.74, 6) is -0.993. The number of aliphatic hydroxyl groups excluding tert-OH is 1. The van der Waals surface area contributed by atoms with Crippen LogP contribution in [0.4, 0.5) is 0 Å². The number of aryl methyl sites for hydroxylation is 1. The van der Waals surface area contributed by atoms with Gasteiger partial charge in [-0.1, -0.05) is 57.9 Å². The number of halogens is 1. The zero-order chi connectivity index (χ0) is 20.5. The van der Waals surface area contributed by atoms with Crippen molar-refractivity contribution in [3.63, 3.8) is 0 Å². The standard InChI is InChI=1S/C23H18BrNO4/c1-14-4-2-5-16(12-14)20-19(21(26)15-7-9-17(24)10-8-15)22(27)23(28)25(20)13-18-6-3-11-29-18/h2-12,20,26H,13H2,1H3/b21-19-. The van der Waals surface area contributed by atoms with Gasteiger partial charge in [0, 0.05) is 10.0 Å². The van der Waals surface area contributed by atoms with Crippen LogP contribution in [0.5, 0.6) is 0 Å². The molecule has 0 radical (unpaired) electrons. The molecule has 1 aliphatic heterocycles. The second-order valence-electron chi connectivity index (χ2n) is 6.93. The fourth-order valence-electron chi connectivity index (χ4n) is 3.56. The number of nitrogens with zero attached hydrogens (tertiary/aromatic N) is 1. The van der Waals surface area contributed by atoms with Crippen molar-refractivity contribution < 1.29 is 19.1 Å². The van der Waals surface area contributed by atoms with Crippen LogP contribution < -0.4 is 0 Å². The SMILES string of the molecule is Cc1cccc(C2/C(=C(/O)c3ccc(Br)cc3)C(=O)C(=O)N2Cc2ccco2)c1. The smallest absolute Gasteiger partial charge is 0.296 e. The van der Waals surface area contributed by atoms with Crippen LogP contribution in [0, 0.1) is 6.92 Å². The molecule has 0 bridgehead atoms. The van der Waals surface area contributed by atoms with Gasteiger partial charge in [-0.15, -0.1) is 0 Å². The lowest BCUT2D eigenvalue weighted by molar-refractivity contribution is -0.140. The van der Waals surface area contributed by atoms with Crippen molar-refractivity contribution in [2.45, 2.75) is 19.5 Å². The third-order valence-electron chi connectivity index (χ3n) is 4.92. The van der Waals surface area contributed by atoms with Crippen molar-refractivity contribution in [3.8, 4) is 0 Å². The summed E-state index contributed by atoms with van der Waals surface area (Å²) in [5, 5.41) is 11.0. The molecule has 2 heterocycles. The zero-order valence-corrected chi connectivity index (χ0v) is 17.2. The summed E-state index contributed by atoms with van der Waals surface area (Å²) in [6.45, 7) is 2.07. The first-order chi connectivity index (χ1) is 14.0. The molecule has 6 heteroatoms. The van der Waals surface area contributed by atoms with E-state index in [2.05, 4.69) is 15.9 Å². The van der Waals surface area contributed by atoms with Crippen LogP contribution in [0.15, 0.2) is 81.4 Å². The monoisotopic (exact) mass is 451 g/mol. The lowest BCUT2D eigenvalue weighted by atomic mass is 9.94. The van der Waals surface area contributed by atoms with Crippen LogP contribution in [0.2, 0.25) is 0 Å². The van der Waals surface area contributed by atoms with Crippen molar-refractivity contribution in [1.29, 1.82) is 0 Å². The fourth-order valence-corrected chi connectivity index (χ4v) is 3.83. The summed E-state index contributed by atoms with van der Waals surface area (Å²) in [6.07, 6.45) is 1.52. The van der Waals surface area contributed by atoms with Crippen LogP contribution in [0.3, 0.4) is 0 Å². The average molecular weight is 452 g/mol. The van der Waals surface area contributed by atoms with Gasteiger partial charge in [0.15, 0.2) is 0 Å². The lowest BCUT2D eigenvalue weighted by Crippen LogP contribution is -2.29. The number of carbonyl (C=O) groups is 2. The van der Waals surface area contributed by atoms with E-state index in [0.717, 1.165) is 15.6 Å². The van der Waals surface area contributed by atoms with Crippen LogP contribution in [0.1, 0.15) is 28.5 Å². The molecule has 0 saturated carbocycles. The number of benzene rings is 2. The topological polar surface area (TPSA) is 70.8 Å². The molecule has 2 aromatic carbocycles. The van der Waals surface area contributed by atoms with Crippen LogP contribution in [-0.2, 0) is 16.1 Å². The zero-order valence-electron chi connectivity index (χ0n) is 15.6. The number of carbonyl (C=O) groups excluding carboxylic acids is 2. The van der Waals surface area contributed by atoms with Crippen LogP contribution in [0.25, 0.3) is 5.76 Å². The molecule has 1 fully saturated rings. The number of ketones is 1. The van der Waals surface area contributed by atoms with E-state index in [1.54, 1.807) is 36.4 Å². The van der Waals surface area contributed by atoms with Gasteiger partial charge in [-0.2, -0.15) is 0 Å². The minimum absolute atomic E-state index is 0.0782. The predicted molar refractivity (Wildman–Crippen MR) is 112 cm³/mol. The molecular weight excluding hydrogens is 434 g/mol. The van der Waals surface area contributed by atoms with Gasteiger partial charge in [0.05, 0.1) is 24.4 Å². The Hall–Kier alpha value is -3.12. The summed E-state index contributed by atoms with van der Waals surface area (Å²) in [4.78, 5) is 27.3. The molecule has 0 aliphatic carbocycles. The van der Waals surface area contributed by atoms with Crippen molar-refractivity contribution in [2.75, 3.05) is 0 Å². The van der Waals surface area contributed by atoms with E-state index >= 15 is 0 Å². The van der Waals surface area contributed by atoms with Crippen molar-refractivity contribution in [3.05, 3.63) is 99.4 Å². The second-order valence-corrected chi connectivity index (χ2v) is 7.84. The Balaban J connectivity index is 1.87. The largest absolute Gasteiger partial charge is 0.507 e. The van der Waals surface area contributed by atoms with E-state index in [1.807, 2.05) is 31.2 Å². The van der Waals surface area contributed by atoms with Gasteiger partial charge in [-0.05, 0) is 36.8 Å². The molecule has 4 rings (SSSR count). The molecule has 1 aromatic heterocycles. The summed E-state index contributed by atoms with van der Waals surface area (Å²) in [6, 6.07) is 17.3. The number of hydrogen-bond acceptors (Lipinski definition) is 4. The van der Waals surface area contributed by atoms with Crippen molar-refractivity contribution in [2.24, 2.45) is 0 Å². The number of likely N-dealkylation sites (tertiary alicyclic amines) is 1.